The SMILES string of the molecule is [2H]c1c([2H])c([2H])c2c(c1[2H])c1ccccc1n2-c1cc2c3ccccc3n(-c3ccc([Si](c4ccccc4)(c4ccccc4)c4ccccc4)cc3)c2c2c1sc1ccccc12. The molecule has 12 aromatic rings. The molecule has 0 aliphatic carbocycles. The predicted molar refractivity (Wildman–Crippen MR) is 252 cm³/mol. The molecular formula is C54H36N2SSi. The van der Waals surface area contributed by atoms with Gasteiger partial charge in [-0.1, -0.05) is 176 Å². The van der Waals surface area contributed by atoms with Crippen molar-refractivity contribution in [1.29, 1.82) is 0 Å². The van der Waals surface area contributed by atoms with Crippen molar-refractivity contribution in [3.63, 3.8) is 0 Å². The molecule has 9 aromatic carbocycles. The van der Waals surface area contributed by atoms with Crippen molar-refractivity contribution in [3.8, 4) is 11.4 Å². The molecule has 0 saturated heterocycles. The van der Waals surface area contributed by atoms with Gasteiger partial charge < -0.3 is 9.13 Å². The Kier molecular flexibility index (Phi) is 6.58. The molecular weight excluding hydrogens is 737 g/mol. The highest BCUT2D eigenvalue weighted by Gasteiger charge is 2.41. The van der Waals surface area contributed by atoms with Crippen molar-refractivity contribution in [1.82, 2.24) is 9.13 Å². The summed E-state index contributed by atoms with van der Waals surface area (Å²) in [7, 11) is -2.75. The normalized spacial score (nSPS) is 13.1. The zero-order valence-electron chi connectivity index (χ0n) is 35.3. The second kappa shape index (κ2) is 13.0. The van der Waals surface area contributed by atoms with Gasteiger partial charge in [-0.05, 0) is 63.2 Å². The summed E-state index contributed by atoms with van der Waals surface area (Å²) < 4.78 is 42.5. The molecule has 0 bridgehead atoms. The lowest BCUT2D eigenvalue weighted by molar-refractivity contribution is 1.18. The molecule has 12 rings (SSSR count). The minimum absolute atomic E-state index is 0.0245. The van der Waals surface area contributed by atoms with Crippen LogP contribution in [-0.2, 0) is 0 Å². The Labute approximate surface area is 346 Å². The second-order valence-corrected chi connectivity index (χ2v) is 19.8. The molecule has 4 heteroatoms. The molecule has 0 N–H and O–H groups in total. The van der Waals surface area contributed by atoms with E-state index in [4.69, 9.17) is 4.11 Å². The minimum Gasteiger partial charge on any atom is -0.309 e. The Morgan fingerprint density at radius 1 is 0.414 bits per heavy atom. The molecule has 0 atom stereocenters. The Balaban J connectivity index is 1.18. The topological polar surface area (TPSA) is 9.86 Å². The molecule has 272 valence electrons. The van der Waals surface area contributed by atoms with Crippen LogP contribution in [0, 0.1) is 0 Å². The van der Waals surface area contributed by atoms with E-state index in [0.29, 0.717) is 10.9 Å². The maximum Gasteiger partial charge on any atom is 0.179 e. The Bertz CT molecular complexity index is 3630. The van der Waals surface area contributed by atoms with Gasteiger partial charge in [-0.3, -0.25) is 0 Å². The summed E-state index contributed by atoms with van der Waals surface area (Å²) in [6, 6.07) is 69.2. The van der Waals surface area contributed by atoms with Gasteiger partial charge in [0.1, 0.15) is 0 Å². The van der Waals surface area contributed by atoms with Crippen LogP contribution in [0.4, 0.5) is 0 Å². The van der Waals surface area contributed by atoms with Gasteiger partial charge in [0, 0.05) is 42.7 Å². The van der Waals surface area contributed by atoms with Crippen LogP contribution in [-0.4, -0.2) is 17.2 Å². The first kappa shape index (κ1) is 29.3. The lowest BCUT2D eigenvalue weighted by Crippen LogP contribution is -2.74. The fraction of sp³-hybridized carbons (Fsp3) is 0. The monoisotopic (exact) mass is 776 g/mol. The first-order valence-electron chi connectivity index (χ1n) is 21.6. The van der Waals surface area contributed by atoms with Crippen LogP contribution < -0.4 is 20.7 Å². The van der Waals surface area contributed by atoms with Gasteiger partial charge in [0.2, 0.25) is 0 Å². The number of nitrogens with zero attached hydrogens (tertiary/aromatic N) is 2. The standard InChI is InChI=1S/C54H36N2SSi/c1-4-18-38(19-5-1)58(39-20-6-2-7-21-39,40-22-8-3-9-23-40)41-34-32-37(33-35-41)55-47-28-14-12-26-44(47)46-36-50(54-52(53(46)55)45-27-13-17-31-51(45)57-54)56-48-29-15-10-24-42(48)43-25-11-16-30-49(43)56/h1-36H/i10D,15D,24D,29D. The van der Waals surface area contributed by atoms with Crippen molar-refractivity contribution in [2.75, 3.05) is 0 Å². The van der Waals surface area contributed by atoms with E-state index in [-0.39, 0.29) is 24.2 Å². The average molecular weight is 777 g/mol. The Hall–Kier alpha value is -6.98. The largest absolute Gasteiger partial charge is 0.309 e. The van der Waals surface area contributed by atoms with Crippen molar-refractivity contribution < 1.29 is 5.48 Å². The number of rotatable bonds is 6. The zero-order chi connectivity index (χ0) is 41.7. The zero-order valence-corrected chi connectivity index (χ0v) is 33.1. The van der Waals surface area contributed by atoms with E-state index in [1.54, 1.807) is 11.3 Å². The van der Waals surface area contributed by atoms with Gasteiger partial charge in [0.05, 0.1) is 37.9 Å². The first-order chi connectivity index (χ1) is 30.5. The summed E-state index contributed by atoms with van der Waals surface area (Å²) in [5.41, 5.74) is 5.48. The number of benzene rings is 9. The molecule has 0 fully saturated rings. The molecule has 0 spiro atoms. The van der Waals surface area contributed by atoms with Crippen LogP contribution in [0.3, 0.4) is 0 Å². The maximum atomic E-state index is 9.29. The second-order valence-electron chi connectivity index (χ2n) is 14.9. The van der Waals surface area contributed by atoms with E-state index in [2.05, 4.69) is 179 Å². The van der Waals surface area contributed by atoms with Gasteiger partial charge in [0.25, 0.3) is 0 Å². The number of hydrogen-bond donors (Lipinski definition) is 0. The van der Waals surface area contributed by atoms with Crippen LogP contribution in [0.2, 0.25) is 0 Å². The van der Waals surface area contributed by atoms with Crippen molar-refractivity contribution in [2.45, 2.75) is 0 Å². The molecule has 0 aliphatic heterocycles. The molecule has 2 nitrogen and oxygen atoms in total. The third-order valence-electron chi connectivity index (χ3n) is 12.0. The van der Waals surface area contributed by atoms with Gasteiger partial charge in [-0.2, -0.15) is 0 Å². The quantitative estimate of drug-likeness (QED) is 0.118. The molecule has 58 heavy (non-hydrogen) atoms. The van der Waals surface area contributed by atoms with Crippen LogP contribution >= 0.6 is 11.3 Å². The summed E-state index contributed by atoms with van der Waals surface area (Å²) in [6.07, 6.45) is 0. The highest BCUT2D eigenvalue weighted by atomic mass is 32.1. The fourth-order valence-electron chi connectivity index (χ4n) is 9.60. The van der Waals surface area contributed by atoms with Crippen molar-refractivity contribution >= 4 is 104 Å². The molecule has 0 radical (unpaired) electrons. The van der Waals surface area contributed by atoms with Crippen molar-refractivity contribution in [3.05, 3.63) is 218 Å². The van der Waals surface area contributed by atoms with E-state index in [9.17, 15) is 1.37 Å². The predicted octanol–water partition coefficient (Wildman–Crippen LogP) is 11.6. The molecule has 3 heterocycles. The molecule has 0 unspecified atom stereocenters. The van der Waals surface area contributed by atoms with E-state index in [1.807, 2.05) is 24.3 Å². The lowest BCUT2D eigenvalue weighted by atomic mass is 10.1. The number of aromatic nitrogens is 2. The first-order valence-corrected chi connectivity index (χ1v) is 22.4. The summed E-state index contributed by atoms with van der Waals surface area (Å²) in [5, 5.41) is 11.1. The Morgan fingerprint density at radius 3 is 1.55 bits per heavy atom. The molecule has 3 aromatic heterocycles. The number of fused-ring (bicyclic) bond motifs is 10. The highest BCUT2D eigenvalue weighted by Crippen LogP contribution is 2.47. The van der Waals surface area contributed by atoms with Gasteiger partial charge in [-0.15, -0.1) is 11.3 Å². The summed E-state index contributed by atoms with van der Waals surface area (Å²) in [6.45, 7) is 0. The molecule has 0 saturated carbocycles. The molecule has 0 aliphatic rings. The van der Waals surface area contributed by atoms with Crippen molar-refractivity contribution in [2.24, 2.45) is 0 Å². The summed E-state index contributed by atoms with van der Waals surface area (Å²) in [4.78, 5) is 0. The average Bonchev–Trinajstić information content (AvgIpc) is 4.00. The van der Waals surface area contributed by atoms with Gasteiger partial charge in [-0.25, -0.2) is 0 Å². The van der Waals surface area contributed by atoms with E-state index in [1.165, 1.54) is 20.7 Å². The van der Waals surface area contributed by atoms with Gasteiger partial charge >= 0.3 is 0 Å². The number of hydrogen-bond acceptors (Lipinski definition) is 1. The maximum absolute atomic E-state index is 9.29. The Morgan fingerprint density at radius 2 is 0.914 bits per heavy atom. The number of para-hydroxylation sites is 3. The minimum atomic E-state index is -2.75. The summed E-state index contributed by atoms with van der Waals surface area (Å²) >= 11 is 1.73. The van der Waals surface area contributed by atoms with Crippen LogP contribution in [0.1, 0.15) is 5.48 Å². The number of thiophene rings is 1. The van der Waals surface area contributed by atoms with E-state index >= 15 is 0 Å². The van der Waals surface area contributed by atoms with E-state index in [0.717, 1.165) is 64.3 Å². The third kappa shape index (κ3) is 4.70. The van der Waals surface area contributed by atoms with E-state index < -0.39 is 8.07 Å². The smallest absolute Gasteiger partial charge is 0.179 e. The highest BCUT2D eigenvalue weighted by molar-refractivity contribution is 7.26. The van der Waals surface area contributed by atoms with Crippen LogP contribution in [0.15, 0.2) is 218 Å². The molecule has 0 amide bonds. The fourth-order valence-corrected chi connectivity index (χ4v) is 15.6. The van der Waals surface area contributed by atoms with Crippen LogP contribution in [0.25, 0.3) is 75.2 Å². The summed E-state index contributed by atoms with van der Waals surface area (Å²) in [5.74, 6) is 0. The lowest BCUT2D eigenvalue weighted by Gasteiger charge is -2.34. The third-order valence-corrected chi connectivity index (χ3v) is 18.0. The van der Waals surface area contributed by atoms with Crippen LogP contribution in [0.5, 0.6) is 0 Å². The van der Waals surface area contributed by atoms with Gasteiger partial charge in [0.15, 0.2) is 8.07 Å².